The third kappa shape index (κ3) is 4.03. The fourth-order valence-electron chi connectivity index (χ4n) is 1.65. The zero-order valence-corrected chi connectivity index (χ0v) is 12.9. The molecular formula is C14H17N5OS. The molecule has 1 amide bonds. The molecular weight excluding hydrogens is 286 g/mol. The summed E-state index contributed by atoms with van der Waals surface area (Å²) in [4.78, 5) is 11.9. The van der Waals surface area contributed by atoms with E-state index >= 15 is 0 Å². The van der Waals surface area contributed by atoms with Crippen LogP contribution in [-0.2, 0) is 7.05 Å². The molecule has 0 aliphatic heterocycles. The number of nitrogens with one attached hydrogen (secondary N) is 3. The summed E-state index contributed by atoms with van der Waals surface area (Å²) in [5.74, 6) is -0.341. The first-order valence-electron chi connectivity index (χ1n) is 6.40. The van der Waals surface area contributed by atoms with Crippen LogP contribution in [0.4, 0.5) is 5.69 Å². The summed E-state index contributed by atoms with van der Waals surface area (Å²) in [6.45, 7) is 3.89. The van der Waals surface area contributed by atoms with Gasteiger partial charge in [-0.05, 0) is 44.3 Å². The van der Waals surface area contributed by atoms with Crippen molar-refractivity contribution in [1.82, 2.24) is 20.6 Å². The largest absolute Gasteiger partial charge is 0.331 e. The second kappa shape index (κ2) is 6.36. The SMILES string of the molecule is Cc1ccc(NC(=S)NNC(=O)c2cc(C)n(C)n2)cc1. The van der Waals surface area contributed by atoms with Crippen LogP contribution in [-0.4, -0.2) is 20.8 Å². The van der Waals surface area contributed by atoms with Crippen molar-refractivity contribution in [2.24, 2.45) is 7.05 Å². The van der Waals surface area contributed by atoms with Crippen LogP contribution in [0.3, 0.4) is 0 Å². The minimum absolute atomic E-state index is 0.305. The van der Waals surface area contributed by atoms with Gasteiger partial charge in [-0.25, -0.2) is 0 Å². The van der Waals surface area contributed by atoms with E-state index in [1.165, 1.54) is 5.56 Å². The average molecular weight is 303 g/mol. The first-order valence-corrected chi connectivity index (χ1v) is 6.81. The molecule has 0 aliphatic rings. The van der Waals surface area contributed by atoms with Crippen LogP contribution < -0.4 is 16.2 Å². The van der Waals surface area contributed by atoms with E-state index in [2.05, 4.69) is 21.3 Å². The number of carbonyl (C=O) groups is 1. The van der Waals surface area contributed by atoms with Gasteiger partial charge in [-0.2, -0.15) is 5.10 Å². The number of benzene rings is 1. The van der Waals surface area contributed by atoms with Crippen LogP contribution in [0.2, 0.25) is 0 Å². The maximum absolute atomic E-state index is 11.9. The van der Waals surface area contributed by atoms with Crippen LogP contribution in [0.5, 0.6) is 0 Å². The van der Waals surface area contributed by atoms with Gasteiger partial charge in [0.05, 0.1) is 0 Å². The number of hydrazine groups is 1. The number of hydrogen-bond donors (Lipinski definition) is 3. The van der Waals surface area contributed by atoms with Crippen molar-refractivity contribution >= 4 is 28.9 Å². The van der Waals surface area contributed by atoms with E-state index in [1.54, 1.807) is 17.8 Å². The number of rotatable bonds is 2. The van der Waals surface area contributed by atoms with E-state index in [9.17, 15) is 4.79 Å². The molecule has 0 unspecified atom stereocenters. The number of nitrogens with zero attached hydrogens (tertiary/aromatic N) is 2. The van der Waals surface area contributed by atoms with Crippen molar-refractivity contribution in [2.45, 2.75) is 13.8 Å². The Hall–Kier alpha value is -2.41. The van der Waals surface area contributed by atoms with Gasteiger partial charge in [-0.1, -0.05) is 17.7 Å². The fourth-order valence-corrected chi connectivity index (χ4v) is 1.82. The van der Waals surface area contributed by atoms with Crippen molar-refractivity contribution in [3.05, 3.63) is 47.3 Å². The molecule has 0 bridgehead atoms. The topological polar surface area (TPSA) is 71.0 Å². The monoisotopic (exact) mass is 303 g/mol. The highest BCUT2D eigenvalue weighted by Crippen LogP contribution is 2.08. The smallest absolute Gasteiger partial charge is 0.290 e. The second-order valence-electron chi connectivity index (χ2n) is 4.69. The van der Waals surface area contributed by atoms with Gasteiger partial charge in [0.2, 0.25) is 0 Å². The molecule has 0 atom stereocenters. The van der Waals surface area contributed by atoms with Gasteiger partial charge in [0, 0.05) is 18.4 Å². The van der Waals surface area contributed by atoms with Crippen molar-refractivity contribution in [1.29, 1.82) is 0 Å². The Kier molecular flexibility index (Phi) is 4.54. The number of aryl methyl sites for hydroxylation is 3. The molecule has 1 aromatic carbocycles. The molecule has 0 radical (unpaired) electrons. The third-order valence-electron chi connectivity index (χ3n) is 2.95. The van der Waals surface area contributed by atoms with Gasteiger partial charge >= 0.3 is 0 Å². The number of carbonyl (C=O) groups excluding carboxylic acids is 1. The van der Waals surface area contributed by atoms with Crippen molar-refractivity contribution in [3.63, 3.8) is 0 Å². The van der Waals surface area contributed by atoms with Crippen LogP contribution in [0.25, 0.3) is 0 Å². The molecule has 110 valence electrons. The second-order valence-corrected chi connectivity index (χ2v) is 5.10. The Bertz CT molecular complexity index is 643. The predicted molar refractivity (Wildman–Crippen MR) is 85.9 cm³/mol. The van der Waals surface area contributed by atoms with E-state index < -0.39 is 0 Å². The van der Waals surface area contributed by atoms with Crippen molar-refractivity contribution < 1.29 is 4.79 Å². The van der Waals surface area contributed by atoms with Gasteiger partial charge in [-0.3, -0.25) is 20.3 Å². The fraction of sp³-hybridized carbons (Fsp3) is 0.214. The lowest BCUT2D eigenvalue weighted by Gasteiger charge is -2.10. The highest BCUT2D eigenvalue weighted by Gasteiger charge is 2.10. The summed E-state index contributed by atoms with van der Waals surface area (Å²) < 4.78 is 1.64. The average Bonchev–Trinajstić information content (AvgIpc) is 2.79. The number of aromatic nitrogens is 2. The first kappa shape index (κ1) is 15.0. The number of thiocarbonyl (C=S) groups is 1. The van der Waals surface area contributed by atoms with Gasteiger partial charge in [-0.15, -0.1) is 0 Å². The van der Waals surface area contributed by atoms with Gasteiger partial charge < -0.3 is 5.32 Å². The van der Waals surface area contributed by atoms with E-state index in [1.807, 2.05) is 38.1 Å². The molecule has 0 spiro atoms. The van der Waals surface area contributed by atoms with Crippen LogP contribution in [0.1, 0.15) is 21.7 Å². The first-order chi connectivity index (χ1) is 9.95. The Morgan fingerprint density at radius 2 is 1.86 bits per heavy atom. The maximum Gasteiger partial charge on any atom is 0.290 e. The Labute approximate surface area is 128 Å². The number of hydrogen-bond acceptors (Lipinski definition) is 3. The highest BCUT2D eigenvalue weighted by molar-refractivity contribution is 7.80. The normalized spacial score (nSPS) is 10.0. The van der Waals surface area contributed by atoms with Crippen LogP contribution >= 0.6 is 12.2 Å². The van der Waals surface area contributed by atoms with Crippen LogP contribution in [0.15, 0.2) is 30.3 Å². The van der Waals surface area contributed by atoms with Crippen LogP contribution in [0, 0.1) is 13.8 Å². The molecule has 6 nitrogen and oxygen atoms in total. The molecule has 3 N–H and O–H groups in total. The molecule has 0 saturated heterocycles. The van der Waals surface area contributed by atoms with E-state index in [4.69, 9.17) is 12.2 Å². The highest BCUT2D eigenvalue weighted by atomic mass is 32.1. The quantitative estimate of drug-likeness (QED) is 0.581. The molecule has 0 fully saturated rings. The molecule has 0 saturated carbocycles. The van der Waals surface area contributed by atoms with Crippen molar-refractivity contribution in [3.8, 4) is 0 Å². The predicted octanol–water partition coefficient (Wildman–Crippen LogP) is 1.67. The van der Waals surface area contributed by atoms with Gasteiger partial charge in [0.1, 0.15) is 0 Å². The molecule has 1 aromatic heterocycles. The lowest BCUT2D eigenvalue weighted by molar-refractivity contribution is 0.0938. The maximum atomic E-state index is 11.9. The Morgan fingerprint density at radius 1 is 1.19 bits per heavy atom. The summed E-state index contributed by atoms with van der Waals surface area (Å²) >= 11 is 5.11. The molecule has 7 heteroatoms. The summed E-state index contributed by atoms with van der Waals surface area (Å²) in [6.07, 6.45) is 0. The number of anilines is 1. The molecule has 0 aliphatic carbocycles. The molecule has 21 heavy (non-hydrogen) atoms. The summed E-state index contributed by atoms with van der Waals surface area (Å²) in [5, 5.41) is 7.36. The zero-order chi connectivity index (χ0) is 15.4. The Morgan fingerprint density at radius 3 is 2.43 bits per heavy atom. The zero-order valence-electron chi connectivity index (χ0n) is 12.1. The van der Waals surface area contributed by atoms with Gasteiger partial charge in [0.15, 0.2) is 10.8 Å². The summed E-state index contributed by atoms with van der Waals surface area (Å²) in [6, 6.07) is 9.47. The minimum atomic E-state index is -0.341. The van der Waals surface area contributed by atoms with Crippen molar-refractivity contribution in [2.75, 3.05) is 5.32 Å². The van der Waals surface area contributed by atoms with E-state index in [-0.39, 0.29) is 5.91 Å². The Balaban J connectivity index is 1.86. The number of amides is 1. The molecule has 1 heterocycles. The third-order valence-corrected chi connectivity index (χ3v) is 3.15. The molecule has 2 rings (SSSR count). The molecule has 2 aromatic rings. The standard InChI is InChI=1S/C14H17N5OS/c1-9-4-6-11(7-5-9)15-14(21)17-16-13(20)12-8-10(2)19(3)18-12/h4-8H,1-3H3,(H,16,20)(H2,15,17,21). The van der Waals surface area contributed by atoms with E-state index in [0.717, 1.165) is 11.4 Å². The minimum Gasteiger partial charge on any atom is -0.331 e. The lowest BCUT2D eigenvalue weighted by Crippen LogP contribution is -2.43. The summed E-state index contributed by atoms with van der Waals surface area (Å²) in [5.41, 5.74) is 8.40. The van der Waals surface area contributed by atoms with E-state index in [0.29, 0.717) is 10.8 Å². The summed E-state index contributed by atoms with van der Waals surface area (Å²) in [7, 11) is 1.78. The van der Waals surface area contributed by atoms with Gasteiger partial charge in [0.25, 0.3) is 5.91 Å². The lowest BCUT2D eigenvalue weighted by atomic mass is 10.2.